The Morgan fingerprint density at radius 1 is 1.06 bits per heavy atom. The van der Waals surface area contributed by atoms with Crippen LogP contribution in [0, 0.1) is 5.92 Å². The zero-order valence-corrected chi connectivity index (χ0v) is 18.4. The average molecular weight is 431 g/mol. The molecule has 2 aromatic carbocycles. The Labute approximate surface area is 185 Å². The second kappa shape index (κ2) is 9.05. The summed E-state index contributed by atoms with van der Waals surface area (Å²) in [7, 11) is 1.58. The maximum Gasteiger partial charge on any atom is 0.329 e. The number of aromatic nitrogens is 4. The highest BCUT2D eigenvalue weighted by atomic mass is 16.2. The third kappa shape index (κ3) is 4.54. The SMILES string of the molecule is CC(C)Cn1c(NN=Cc2ccc(Cc3ccccc3)cc2)nc2c1c(=O)[nH]c(=O)n2C. The van der Waals surface area contributed by atoms with Gasteiger partial charge in [0.2, 0.25) is 5.95 Å². The van der Waals surface area contributed by atoms with Crippen molar-refractivity contribution in [2.75, 3.05) is 5.43 Å². The highest BCUT2D eigenvalue weighted by Crippen LogP contribution is 2.17. The lowest BCUT2D eigenvalue weighted by Gasteiger charge is -2.10. The van der Waals surface area contributed by atoms with E-state index in [1.54, 1.807) is 17.8 Å². The molecule has 0 saturated heterocycles. The summed E-state index contributed by atoms with van der Waals surface area (Å²) in [5, 5.41) is 4.31. The van der Waals surface area contributed by atoms with Crippen LogP contribution < -0.4 is 16.7 Å². The lowest BCUT2D eigenvalue weighted by molar-refractivity contribution is 0.535. The Bertz CT molecular complexity index is 1360. The summed E-state index contributed by atoms with van der Waals surface area (Å²) >= 11 is 0. The molecule has 0 fully saturated rings. The van der Waals surface area contributed by atoms with Crippen molar-refractivity contribution in [2.45, 2.75) is 26.8 Å². The Morgan fingerprint density at radius 2 is 1.75 bits per heavy atom. The number of benzene rings is 2. The van der Waals surface area contributed by atoms with Gasteiger partial charge in [0.05, 0.1) is 6.21 Å². The van der Waals surface area contributed by atoms with E-state index in [2.05, 4.69) is 44.8 Å². The van der Waals surface area contributed by atoms with Gasteiger partial charge in [0.25, 0.3) is 5.56 Å². The van der Waals surface area contributed by atoms with Gasteiger partial charge in [-0.15, -0.1) is 0 Å². The van der Waals surface area contributed by atoms with Crippen molar-refractivity contribution in [2.24, 2.45) is 18.1 Å². The molecule has 0 unspecified atom stereocenters. The first-order valence-electron chi connectivity index (χ1n) is 10.5. The Kier molecular flexibility index (Phi) is 6.02. The number of anilines is 1. The zero-order chi connectivity index (χ0) is 22.7. The molecule has 0 spiro atoms. The normalized spacial score (nSPS) is 11.6. The van der Waals surface area contributed by atoms with Crippen LogP contribution in [0.4, 0.5) is 5.95 Å². The molecule has 2 aromatic heterocycles. The van der Waals surface area contributed by atoms with Gasteiger partial charge < -0.3 is 4.57 Å². The van der Waals surface area contributed by atoms with Crippen LogP contribution in [-0.4, -0.2) is 25.3 Å². The summed E-state index contributed by atoms with van der Waals surface area (Å²) in [4.78, 5) is 31.2. The van der Waals surface area contributed by atoms with Gasteiger partial charge in [-0.2, -0.15) is 10.1 Å². The van der Waals surface area contributed by atoms with Crippen LogP contribution in [0.25, 0.3) is 11.2 Å². The van der Waals surface area contributed by atoms with E-state index in [-0.39, 0.29) is 5.92 Å². The first-order chi connectivity index (χ1) is 15.4. The van der Waals surface area contributed by atoms with Gasteiger partial charge in [0.15, 0.2) is 11.2 Å². The Morgan fingerprint density at radius 3 is 2.44 bits per heavy atom. The lowest BCUT2D eigenvalue weighted by Crippen LogP contribution is -2.29. The Balaban J connectivity index is 1.56. The average Bonchev–Trinajstić information content (AvgIpc) is 3.12. The second-order valence-electron chi connectivity index (χ2n) is 8.20. The molecule has 0 aliphatic carbocycles. The van der Waals surface area contributed by atoms with Gasteiger partial charge in [-0.25, -0.2) is 10.2 Å². The fourth-order valence-corrected chi connectivity index (χ4v) is 3.58. The molecule has 32 heavy (non-hydrogen) atoms. The number of nitrogens with one attached hydrogen (secondary N) is 2. The van der Waals surface area contributed by atoms with Crippen molar-refractivity contribution in [3.8, 4) is 0 Å². The molecular weight excluding hydrogens is 404 g/mol. The number of rotatable bonds is 7. The van der Waals surface area contributed by atoms with Crippen LogP contribution in [0.1, 0.15) is 30.5 Å². The summed E-state index contributed by atoms with van der Waals surface area (Å²) in [5.74, 6) is 0.683. The smallest absolute Gasteiger partial charge is 0.303 e. The third-order valence-electron chi connectivity index (χ3n) is 5.16. The number of fused-ring (bicyclic) bond motifs is 1. The maximum atomic E-state index is 12.4. The van der Waals surface area contributed by atoms with Crippen molar-refractivity contribution < 1.29 is 0 Å². The molecule has 0 aliphatic rings. The van der Waals surface area contributed by atoms with E-state index in [0.29, 0.717) is 23.7 Å². The molecule has 2 heterocycles. The summed E-state index contributed by atoms with van der Waals surface area (Å²) in [6.45, 7) is 4.65. The predicted molar refractivity (Wildman–Crippen MR) is 127 cm³/mol. The first-order valence-corrected chi connectivity index (χ1v) is 10.5. The van der Waals surface area contributed by atoms with Crippen molar-refractivity contribution in [1.29, 1.82) is 0 Å². The van der Waals surface area contributed by atoms with E-state index in [9.17, 15) is 9.59 Å². The molecule has 4 aromatic rings. The molecule has 8 heteroatoms. The molecule has 2 N–H and O–H groups in total. The van der Waals surface area contributed by atoms with Gasteiger partial charge in [-0.05, 0) is 29.0 Å². The first kappa shape index (κ1) is 21.3. The summed E-state index contributed by atoms with van der Waals surface area (Å²) in [6.07, 6.45) is 2.58. The molecule has 4 rings (SSSR count). The van der Waals surface area contributed by atoms with Gasteiger partial charge in [0.1, 0.15) is 0 Å². The molecule has 0 atom stereocenters. The fourth-order valence-electron chi connectivity index (χ4n) is 3.58. The van der Waals surface area contributed by atoms with Crippen LogP contribution in [0.15, 0.2) is 69.3 Å². The molecule has 0 saturated carbocycles. The van der Waals surface area contributed by atoms with Crippen LogP contribution in [0.3, 0.4) is 0 Å². The van der Waals surface area contributed by atoms with Crippen molar-refractivity contribution in [3.63, 3.8) is 0 Å². The van der Waals surface area contributed by atoms with Crippen molar-refractivity contribution >= 4 is 23.3 Å². The largest absolute Gasteiger partial charge is 0.329 e. The standard InChI is InChI=1S/C24H26N6O2/c1-16(2)15-30-20-21(29(3)24(32)27-22(20)31)26-23(30)28-25-14-19-11-9-18(10-12-19)13-17-7-5-4-6-8-17/h4-12,14,16H,13,15H2,1-3H3,(H,26,28)(H,27,31,32). The molecule has 0 radical (unpaired) electrons. The Hall–Kier alpha value is -3.94. The number of hydrazone groups is 1. The molecule has 0 amide bonds. The number of imidazole rings is 1. The molecule has 8 nitrogen and oxygen atoms in total. The third-order valence-corrected chi connectivity index (χ3v) is 5.16. The number of aromatic amines is 1. The van der Waals surface area contributed by atoms with Gasteiger partial charge in [0, 0.05) is 13.6 Å². The van der Waals surface area contributed by atoms with E-state index in [4.69, 9.17) is 0 Å². The minimum atomic E-state index is -0.498. The van der Waals surface area contributed by atoms with E-state index in [0.717, 1.165) is 12.0 Å². The van der Waals surface area contributed by atoms with Crippen LogP contribution in [0.5, 0.6) is 0 Å². The molecular formula is C24H26N6O2. The predicted octanol–water partition coefficient (Wildman–Crippen LogP) is 3.12. The van der Waals surface area contributed by atoms with Gasteiger partial charge in [-0.1, -0.05) is 68.4 Å². The van der Waals surface area contributed by atoms with E-state index < -0.39 is 11.2 Å². The number of nitrogens with zero attached hydrogens (tertiary/aromatic N) is 4. The zero-order valence-electron chi connectivity index (χ0n) is 18.4. The van der Waals surface area contributed by atoms with Crippen molar-refractivity contribution in [1.82, 2.24) is 19.1 Å². The van der Waals surface area contributed by atoms with Crippen LogP contribution in [-0.2, 0) is 20.0 Å². The van der Waals surface area contributed by atoms with E-state index in [1.165, 1.54) is 15.7 Å². The minimum absolute atomic E-state index is 0.269. The molecule has 0 bridgehead atoms. The van der Waals surface area contributed by atoms with Gasteiger partial charge in [-0.3, -0.25) is 14.3 Å². The fraction of sp³-hybridized carbons (Fsp3) is 0.250. The lowest BCUT2D eigenvalue weighted by atomic mass is 10.0. The summed E-state index contributed by atoms with van der Waals surface area (Å²) in [5.41, 5.74) is 6.08. The minimum Gasteiger partial charge on any atom is -0.303 e. The monoisotopic (exact) mass is 430 g/mol. The second-order valence-corrected chi connectivity index (χ2v) is 8.20. The highest BCUT2D eigenvalue weighted by molar-refractivity contribution is 5.80. The highest BCUT2D eigenvalue weighted by Gasteiger charge is 2.17. The van der Waals surface area contributed by atoms with Crippen LogP contribution >= 0.6 is 0 Å². The number of aryl methyl sites for hydroxylation is 1. The molecule has 0 aliphatic heterocycles. The van der Waals surface area contributed by atoms with Gasteiger partial charge >= 0.3 is 5.69 Å². The summed E-state index contributed by atoms with van der Waals surface area (Å²) < 4.78 is 3.09. The number of hydrogen-bond acceptors (Lipinski definition) is 5. The van der Waals surface area contributed by atoms with E-state index in [1.807, 2.05) is 44.2 Å². The topological polar surface area (TPSA) is 97.1 Å². The quantitative estimate of drug-likeness (QED) is 0.348. The number of H-pyrrole nitrogens is 1. The van der Waals surface area contributed by atoms with Crippen molar-refractivity contribution in [3.05, 3.63) is 92.1 Å². The van der Waals surface area contributed by atoms with Crippen LogP contribution in [0.2, 0.25) is 0 Å². The van der Waals surface area contributed by atoms with E-state index >= 15 is 0 Å². The maximum absolute atomic E-state index is 12.4. The molecule has 164 valence electrons. The number of hydrogen-bond donors (Lipinski definition) is 2. The summed E-state index contributed by atoms with van der Waals surface area (Å²) in [6, 6.07) is 18.5.